The molecule has 0 aromatic carbocycles. The maximum absolute atomic E-state index is 11.8. The molecule has 1 fully saturated rings. The predicted octanol–water partition coefficient (Wildman–Crippen LogP) is -1.56. The van der Waals surface area contributed by atoms with Gasteiger partial charge in [0.15, 0.2) is 11.5 Å². The van der Waals surface area contributed by atoms with Crippen LogP contribution in [0.25, 0.3) is 11.2 Å². The van der Waals surface area contributed by atoms with E-state index in [1.54, 1.807) is 4.72 Å². The average Bonchev–Trinajstić information content (AvgIpc) is 3.16. The summed E-state index contributed by atoms with van der Waals surface area (Å²) in [6.07, 6.45) is -1.25. The Hall–Kier alpha value is -2.10. The van der Waals surface area contributed by atoms with E-state index >= 15 is 0 Å². The molecule has 0 saturated carbocycles. The van der Waals surface area contributed by atoms with E-state index in [2.05, 4.69) is 15.0 Å². The van der Waals surface area contributed by atoms with Crippen molar-refractivity contribution in [3.8, 4) is 0 Å². The molecule has 3 rings (SSSR count). The number of nitrogens with two attached hydrogens (primary N) is 2. The number of hydrogen-bond donors (Lipinski definition) is 4. The van der Waals surface area contributed by atoms with E-state index in [1.165, 1.54) is 17.8 Å². The van der Waals surface area contributed by atoms with Crippen molar-refractivity contribution in [2.75, 3.05) is 12.3 Å². The fourth-order valence-corrected chi connectivity index (χ4v) is 3.54. The molecule has 0 spiro atoms. The molecule has 3 heterocycles. The van der Waals surface area contributed by atoms with Crippen molar-refractivity contribution in [3.63, 3.8) is 0 Å². The number of nitrogen functional groups attached to an aromatic ring is 1. The summed E-state index contributed by atoms with van der Waals surface area (Å²) in [6, 6.07) is -1.04. The number of aliphatic hydroxyl groups is 1. The number of nitrogens with one attached hydrogen (secondary N) is 1. The van der Waals surface area contributed by atoms with Crippen LogP contribution in [-0.2, 0) is 24.0 Å². The third kappa shape index (κ3) is 4.31. The lowest BCUT2D eigenvalue weighted by molar-refractivity contribution is -0.120. The number of anilines is 1. The Morgan fingerprint density at radius 2 is 2.29 bits per heavy atom. The Bertz CT molecular complexity index is 997. The van der Waals surface area contributed by atoms with Crippen LogP contribution in [0, 0.1) is 0 Å². The number of carbonyl (C=O) groups excluding carboxylic acids is 1. The van der Waals surface area contributed by atoms with Crippen LogP contribution in [0.4, 0.5) is 5.82 Å². The monoisotopic (exact) mass is 435 g/mol. The number of fused-ring (bicyclic) bond motifs is 1. The SMILES string of the molecule is C[C@H](N)C(=O)NS(=O)(=O)OC[C@H]1O[C@@H](n2cnc3c(N)nc(Cl)nc32)C[C@@H]1O. The zero-order chi connectivity index (χ0) is 20.6. The van der Waals surface area contributed by atoms with Gasteiger partial charge in [0, 0.05) is 6.42 Å². The summed E-state index contributed by atoms with van der Waals surface area (Å²) in [5.41, 5.74) is 11.6. The van der Waals surface area contributed by atoms with Crippen LogP contribution in [0.3, 0.4) is 0 Å². The van der Waals surface area contributed by atoms with Gasteiger partial charge in [0.1, 0.15) is 17.8 Å². The third-order valence-corrected chi connectivity index (χ3v) is 5.03. The molecule has 0 unspecified atom stereocenters. The van der Waals surface area contributed by atoms with Gasteiger partial charge in [-0.05, 0) is 18.5 Å². The molecule has 13 nitrogen and oxygen atoms in total. The van der Waals surface area contributed by atoms with Crippen molar-refractivity contribution in [2.24, 2.45) is 5.73 Å². The molecule has 0 aliphatic carbocycles. The normalized spacial score (nSPS) is 23.8. The first-order valence-electron chi connectivity index (χ1n) is 8.03. The molecule has 1 aliphatic rings. The lowest BCUT2D eigenvalue weighted by Gasteiger charge is -2.16. The first-order valence-corrected chi connectivity index (χ1v) is 9.81. The number of nitrogens with zero attached hydrogens (tertiary/aromatic N) is 4. The number of amides is 1. The molecule has 0 bridgehead atoms. The van der Waals surface area contributed by atoms with Gasteiger partial charge in [0.05, 0.1) is 25.1 Å². The summed E-state index contributed by atoms with van der Waals surface area (Å²) < 4.78 is 37.0. The van der Waals surface area contributed by atoms with Crippen LogP contribution in [0.2, 0.25) is 5.28 Å². The highest BCUT2D eigenvalue weighted by molar-refractivity contribution is 7.85. The standard InChI is InChI=1S/C13H18ClN7O6S/c1-5(15)12(23)20-28(24,25)26-3-7-6(22)2-8(27-7)21-4-17-9-10(16)18-13(14)19-11(9)21/h4-8,22H,2-3,15H2,1H3,(H,20,23)(H2,16,18,19)/t5-,6-,7+,8+/m0/s1. The van der Waals surface area contributed by atoms with Crippen molar-refractivity contribution in [3.05, 3.63) is 11.6 Å². The summed E-state index contributed by atoms with van der Waals surface area (Å²) in [4.78, 5) is 23.3. The van der Waals surface area contributed by atoms with Gasteiger partial charge in [-0.25, -0.2) is 9.71 Å². The van der Waals surface area contributed by atoms with E-state index < -0.39 is 47.3 Å². The molecule has 0 radical (unpaired) electrons. The summed E-state index contributed by atoms with van der Waals surface area (Å²) in [6.45, 7) is 0.793. The Kier molecular flexibility index (Phi) is 5.69. The van der Waals surface area contributed by atoms with E-state index in [4.69, 9.17) is 32.0 Å². The fraction of sp³-hybridized carbons (Fsp3) is 0.538. The Morgan fingerprint density at radius 1 is 1.57 bits per heavy atom. The molecule has 154 valence electrons. The van der Waals surface area contributed by atoms with E-state index in [1.807, 2.05) is 0 Å². The van der Waals surface area contributed by atoms with Crippen molar-refractivity contribution in [2.45, 2.75) is 37.8 Å². The van der Waals surface area contributed by atoms with Crippen LogP contribution in [0.5, 0.6) is 0 Å². The first kappa shape index (κ1) is 20.6. The van der Waals surface area contributed by atoms with Crippen LogP contribution in [0.15, 0.2) is 6.33 Å². The second-order valence-corrected chi connectivity index (χ2v) is 7.81. The van der Waals surface area contributed by atoms with Crippen molar-refractivity contribution >= 4 is 44.8 Å². The average molecular weight is 436 g/mol. The number of halogens is 1. The highest BCUT2D eigenvalue weighted by Crippen LogP contribution is 2.32. The van der Waals surface area contributed by atoms with Gasteiger partial charge in [0.25, 0.3) is 5.91 Å². The van der Waals surface area contributed by atoms with Crippen LogP contribution in [0.1, 0.15) is 19.6 Å². The summed E-state index contributed by atoms with van der Waals surface area (Å²) in [5, 5.41) is 10.1. The molecule has 1 saturated heterocycles. The van der Waals surface area contributed by atoms with Gasteiger partial charge in [0.2, 0.25) is 5.28 Å². The molecule has 1 amide bonds. The van der Waals surface area contributed by atoms with Gasteiger partial charge >= 0.3 is 10.3 Å². The van der Waals surface area contributed by atoms with Crippen molar-refractivity contribution < 1.29 is 27.2 Å². The van der Waals surface area contributed by atoms with Gasteiger partial charge in [-0.15, -0.1) is 0 Å². The molecule has 15 heteroatoms. The van der Waals surface area contributed by atoms with E-state index in [-0.39, 0.29) is 17.5 Å². The Morgan fingerprint density at radius 3 is 2.96 bits per heavy atom. The van der Waals surface area contributed by atoms with E-state index in [0.29, 0.717) is 11.2 Å². The highest BCUT2D eigenvalue weighted by Gasteiger charge is 2.37. The minimum Gasteiger partial charge on any atom is -0.390 e. The molecular weight excluding hydrogens is 418 g/mol. The maximum atomic E-state index is 11.8. The Balaban J connectivity index is 1.69. The van der Waals surface area contributed by atoms with Crippen LogP contribution >= 0.6 is 11.6 Å². The quantitative estimate of drug-likeness (QED) is 0.382. The molecule has 2 aromatic rings. The smallest absolute Gasteiger partial charge is 0.362 e. The fourth-order valence-electron chi connectivity index (χ4n) is 2.56. The zero-order valence-corrected chi connectivity index (χ0v) is 16.1. The van der Waals surface area contributed by atoms with Gasteiger partial charge in [-0.1, -0.05) is 0 Å². The molecule has 1 aliphatic heterocycles. The second-order valence-electron chi connectivity index (χ2n) is 6.13. The number of aromatic nitrogens is 4. The number of ether oxygens (including phenoxy) is 1. The number of imidazole rings is 1. The second kappa shape index (κ2) is 7.73. The Labute approximate surface area is 164 Å². The zero-order valence-electron chi connectivity index (χ0n) is 14.5. The lowest BCUT2D eigenvalue weighted by atomic mass is 10.2. The minimum atomic E-state index is -4.40. The molecule has 2 aromatic heterocycles. The lowest BCUT2D eigenvalue weighted by Crippen LogP contribution is -2.43. The summed E-state index contributed by atoms with van der Waals surface area (Å²) in [7, 11) is -4.40. The predicted molar refractivity (Wildman–Crippen MR) is 95.9 cm³/mol. The molecule has 6 N–H and O–H groups in total. The van der Waals surface area contributed by atoms with Crippen LogP contribution in [-0.4, -0.2) is 63.8 Å². The number of carbonyl (C=O) groups is 1. The summed E-state index contributed by atoms with van der Waals surface area (Å²) >= 11 is 5.82. The number of rotatable bonds is 6. The topological polar surface area (TPSA) is 198 Å². The molecule has 28 heavy (non-hydrogen) atoms. The van der Waals surface area contributed by atoms with Crippen molar-refractivity contribution in [1.82, 2.24) is 24.2 Å². The van der Waals surface area contributed by atoms with E-state index in [9.17, 15) is 18.3 Å². The molecular formula is C13H18ClN7O6S. The maximum Gasteiger partial charge on any atom is 0.362 e. The first-order chi connectivity index (χ1) is 13.1. The summed E-state index contributed by atoms with van der Waals surface area (Å²) in [5.74, 6) is -0.840. The molecule has 4 atom stereocenters. The van der Waals surface area contributed by atoms with Crippen LogP contribution < -0.4 is 16.2 Å². The highest BCUT2D eigenvalue weighted by atomic mass is 35.5. The minimum absolute atomic E-state index is 0.0823. The van der Waals surface area contributed by atoms with E-state index in [0.717, 1.165) is 0 Å². The third-order valence-electron chi connectivity index (χ3n) is 3.96. The number of aliphatic hydroxyl groups excluding tert-OH is 1. The number of hydrogen-bond acceptors (Lipinski definition) is 11. The largest absolute Gasteiger partial charge is 0.390 e. The van der Waals surface area contributed by atoms with Gasteiger partial charge in [-0.2, -0.15) is 18.4 Å². The van der Waals surface area contributed by atoms with Gasteiger partial charge < -0.3 is 21.3 Å². The van der Waals surface area contributed by atoms with Crippen molar-refractivity contribution in [1.29, 1.82) is 0 Å². The van der Waals surface area contributed by atoms with Gasteiger partial charge in [-0.3, -0.25) is 13.5 Å².